The predicted octanol–water partition coefficient (Wildman–Crippen LogP) is 3.05. The Labute approximate surface area is 102 Å². The van der Waals surface area contributed by atoms with Crippen LogP contribution in [-0.2, 0) is 4.79 Å². The monoisotopic (exact) mass is 275 g/mol. The second-order valence-corrected chi connectivity index (χ2v) is 6.02. The lowest BCUT2D eigenvalue weighted by atomic mass is 9.97. The van der Waals surface area contributed by atoms with Crippen LogP contribution in [-0.4, -0.2) is 28.7 Å². The Balaban J connectivity index is 2.40. The number of hydrogen-bond donors (Lipinski definition) is 0. The van der Waals surface area contributed by atoms with E-state index in [1.807, 2.05) is 4.90 Å². The summed E-state index contributed by atoms with van der Waals surface area (Å²) in [5, 5.41) is 0. The summed E-state index contributed by atoms with van der Waals surface area (Å²) < 4.78 is 0. The number of amides is 1. The standard InChI is InChI=1S/C12H22BrNO/c1-4-9(2)7-12(15)14-6-5-10(3)11(13)8-14/h9-11H,4-8H2,1-3H3. The molecule has 3 unspecified atom stereocenters. The lowest BCUT2D eigenvalue weighted by Crippen LogP contribution is -2.43. The minimum absolute atomic E-state index is 0.334. The van der Waals surface area contributed by atoms with Gasteiger partial charge in [-0.3, -0.25) is 4.79 Å². The summed E-state index contributed by atoms with van der Waals surface area (Å²) >= 11 is 3.65. The highest BCUT2D eigenvalue weighted by atomic mass is 79.9. The van der Waals surface area contributed by atoms with Crippen LogP contribution >= 0.6 is 15.9 Å². The number of carbonyl (C=O) groups is 1. The summed E-state index contributed by atoms with van der Waals surface area (Å²) in [6.45, 7) is 8.37. The Bertz CT molecular complexity index is 220. The maximum atomic E-state index is 11.9. The second kappa shape index (κ2) is 5.88. The van der Waals surface area contributed by atoms with Gasteiger partial charge in [-0.25, -0.2) is 0 Å². The third kappa shape index (κ3) is 3.78. The summed E-state index contributed by atoms with van der Waals surface area (Å²) in [5.74, 6) is 1.55. The van der Waals surface area contributed by atoms with Gasteiger partial charge in [0.05, 0.1) is 0 Å². The molecule has 2 nitrogen and oxygen atoms in total. The van der Waals surface area contributed by atoms with E-state index in [4.69, 9.17) is 0 Å². The van der Waals surface area contributed by atoms with Gasteiger partial charge < -0.3 is 4.90 Å². The lowest BCUT2D eigenvalue weighted by Gasteiger charge is -2.34. The third-order valence-electron chi connectivity index (χ3n) is 3.44. The lowest BCUT2D eigenvalue weighted by molar-refractivity contribution is -0.133. The van der Waals surface area contributed by atoms with Crippen molar-refractivity contribution in [3.05, 3.63) is 0 Å². The number of hydrogen-bond acceptors (Lipinski definition) is 1. The van der Waals surface area contributed by atoms with E-state index in [1.165, 1.54) is 0 Å². The molecule has 1 saturated heterocycles. The van der Waals surface area contributed by atoms with Gasteiger partial charge in [-0.2, -0.15) is 0 Å². The number of piperidine rings is 1. The molecular weight excluding hydrogens is 254 g/mol. The van der Waals surface area contributed by atoms with Crippen LogP contribution in [0.3, 0.4) is 0 Å². The second-order valence-electron chi connectivity index (χ2n) is 4.84. The maximum absolute atomic E-state index is 11.9. The molecule has 0 saturated carbocycles. The number of alkyl halides is 1. The fourth-order valence-electron chi connectivity index (χ4n) is 1.82. The SMILES string of the molecule is CCC(C)CC(=O)N1CCC(C)C(Br)C1. The van der Waals surface area contributed by atoms with Crippen LogP contribution in [0.15, 0.2) is 0 Å². The van der Waals surface area contributed by atoms with Gasteiger partial charge >= 0.3 is 0 Å². The maximum Gasteiger partial charge on any atom is 0.222 e. The number of halogens is 1. The van der Waals surface area contributed by atoms with E-state index in [9.17, 15) is 4.79 Å². The molecule has 3 heteroatoms. The average Bonchev–Trinajstić information content (AvgIpc) is 2.21. The summed E-state index contributed by atoms with van der Waals surface area (Å²) in [6.07, 6.45) is 2.93. The Morgan fingerprint density at radius 2 is 2.27 bits per heavy atom. The van der Waals surface area contributed by atoms with Crippen LogP contribution in [0.25, 0.3) is 0 Å². The molecule has 15 heavy (non-hydrogen) atoms. The highest BCUT2D eigenvalue weighted by molar-refractivity contribution is 9.09. The van der Waals surface area contributed by atoms with Crippen molar-refractivity contribution in [1.29, 1.82) is 0 Å². The van der Waals surface area contributed by atoms with Crippen LogP contribution in [0.2, 0.25) is 0 Å². The third-order valence-corrected chi connectivity index (χ3v) is 4.63. The van der Waals surface area contributed by atoms with Crippen molar-refractivity contribution in [2.75, 3.05) is 13.1 Å². The van der Waals surface area contributed by atoms with Crippen LogP contribution in [0.4, 0.5) is 0 Å². The van der Waals surface area contributed by atoms with Gasteiger partial charge in [0, 0.05) is 24.3 Å². The quantitative estimate of drug-likeness (QED) is 0.725. The molecular formula is C12H22BrNO. The van der Waals surface area contributed by atoms with Crippen molar-refractivity contribution in [3.63, 3.8) is 0 Å². The molecule has 1 amide bonds. The highest BCUT2D eigenvalue weighted by Gasteiger charge is 2.27. The van der Waals surface area contributed by atoms with Gasteiger partial charge in [0.2, 0.25) is 5.91 Å². The molecule has 0 aromatic rings. The topological polar surface area (TPSA) is 20.3 Å². The number of rotatable bonds is 3. The van der Waals surface area contributed by atoms with E-state index >= 15 is 0 Å². The molecule has 0 radical (unpaired) electrons. The Kier molecular flexibility index (Phi) is 5.10. The van der Waals surface area contributed by atoms with E-state index in [0.29, 0.717) is 29.0 Å². The molecule has 0 aromatic heterocycles. The molecule has 1 rings (SSSR count). The molecule has 3 atom stereocenters. The molecule has 1 fully saturated rings. The first-order valence-electron chi connectivity index (χ1n) is 5.96. The van der Waals surface area contributed by atoms with E-state index in [1.54, 1.807) is 0 Å². The highest BCUT2D eigenvalue weighted by Crippen LogP contribution is 2.24. The van der Waals surface area contributed by atoms with Gasteiger partial charge in [-0.1, -0.05) is 43.1 Å². The molecule has 1 aliphatic rings. The van der Waals surface area contributed by atoms with Gasteiger partial charge in [-0.05, 0) is 18.3 Å². The van der Waals surface area contributed by atoms with Crippen LogP contribution < -0.4 is 0 Å². The Morgan fingerprint density at radius 1 is 1.60 bits per heavy atom. The van der Waals surface area contributed by atoms with Crippen molar-refractivity contribution in [3.8, 4) is 0 Å². The van der Waals surface area contributed by atoms with Gasteiger partial charge in [-0.15, -0.1) is 0 Å². The fourth-order valence-corrected chi connectivity index (χ4v) is 2.43. The Morgan fingerprint density at radius 3 is 2.80 bits per heavy atom. The molecule has 0 spiro atoms. The first-order chi connectivity index (χ1) is 7.04. The fraction of sp³-hybridized carbons (Fsp3) is 0.917. The summed E-state index contributed by atoms with van der Waals surface area (Å²) in [4.78, 5) is 14.4. The largest absolute Gasteiger partial charge is 0.342 e. The zero-order valence-corrected chi connectivity index (χ0v) is 11.6. The molecule has 1 heterocycles. The van der Waals surface area contributed by atoms with Crippen molar-refractivity contribution < 1.29 is 4.79 Å². The molecule has 1 aliphatic heterocycles. The van der Waals surface area contributed by atoms with Crippen molar-refractivity contribution >= 4 is 21.8 Å². The molecule has 0 aliphatic carbocycles. The van der Waals surface area contributed by atoms with Crippen LogP contribution in [0.5, 0.6) is 0 Å². The normalized spacial score (nSPS) is 28.9. The van der Waals surface area contributed by atoms with E-state index in [-0.39, 0.29) is 0 Å². The van der Waals surface area contributed by atoms with Gasteiger partial charge in [0.25, 0.3) is 0 Å². The smallest absolute Gasteiger partial charge is 0.222 e. The molecule has 0 N–H and O–H groups in total. The van der Waals surface area contributed by atoms with Gasteiger partial charge in [0.15, 0.2) is 0 Å². The zero-order chi connectivity index (χ0) is 11.4. The summed E-state index contributed by atoms with van der Waals surface area (Å²) in [6, 6.07) is 0. The summed E-state index contributed by atoms with van der Waals surface area (Å²) in [5.41, 5.74) is 0. The van der Waals surface area contributed by atoms with E-state index in [2.05, 4.69) is 36.7 Å². The Hall–Kier alpha value is -0.0500. The van der Waals surface area contributed by atoms with Crippen molar-refractivity contribution in [2.24, 2.45) is 11.8 Å². The molecule has 0 bridgehead atoms. The van der Waals surface area contributed by atoms with E-state index < -0.39 is 0 Å². The minimum atomic E-state index is 0.334. The first kappa shape index (κ1) is 13.0. The summed E-state index contributed by atoms with van der Waals surface area (Å²) in [7, 11) is 0. The van der Waals surface area contributed by atoms with Gasteiger partial charge in [0.1, 0.15) is 0 Å². The van der Waals surface area contributed by atoms with Crippen molar-refractivity contribution in [2.45, 2.75) is 44.9 Å². The number of carbonyl (C=O) groups excluding carboxylic acids is 1. The van der Waals surface area contributed by atoms with Crippen LogP contribution in [0.1, 0.15) is 40.0 Å². The number of likely N-dealkylation sites (tertiary alicyclic amines) is 1. The average molecular weight is 276 g/mol. The minimum Gasteiger partial charge on any atom is -0.342 e. The zero-order valence-electron chi connectivity index (χ0n) is 10.0. The van der Waals surface area contributed by atoms with E-state index in [0.717, 1.165) is 25.9 Å². The molecule has 88 valence electrons. The first-order valence-corrected chi connectivity index (χ1v) is 6.88. The molecule has 0 aromatic carbocycles. The number of nitrogens with zero attached hydrogens (tertiary/aromatic N) is 1. The predicted molar refractivity (Wildman–Crippen MR) is 67.1 cm³/mol. The van der Waals surface area contributed by atoms with Crippen molar-refractivity contribution in [1.82, 2.24) is 4.90 Å². The van der Waals surface area contributed by atoms with Crippen LogP contribution in [0, 0.1) is 11.8 Å².